The standard InChI is InChI=1S/C27H46O10S2.2Na/c1-17(16-36-38(30,31)32)6-5-7-18(2)21-8-9-22-26(21,4)13-11-23-25(3)12-10-20(37-39(33,34)35)14-19(25)15-24(28)27(22,23)29;;/h5,7,17-24,28-29H,6,8-16H2,1-4H3,(H,30,31,32)(H,33,34,35);;/q;2*+1/p-2/b7-5+;;/t17?,18-,19-,20-,21-,22-,23-,24-,25+,26-,27-;;/m1../s1. The van der Waals surface area contributed by atoms with E-state index < -0.39 is 38.6 Å². The molecular weight excluding hydrogens is 594 g/mol. The third-order valence-electron chi connectivity index (χ3n) is 11.2. The first-order valence-corrected chi connectivity index (χ1v) is 16.9. The van der Waals surface area contributed by atoms with Gasteiger partial charge in [-0.1, -0.05) is 39.8 Å². The smallest absolute Gasteiger partial charge is 0.726 e. The van der Waals surface area contributed by atoms with Crippen LogP contribution in [0.4, 0.5) is 0 Å². The van der Waals surface area contributed by atoms with Crippen LogP contribution in [-0.4, -0.2) is 60.6 Å². The molecule has 0 spiro atoms. The summed E-state index contributed by atoms with van der Waals surface area (Å²) < 4.78 is 74.8. The quantitative estimate of drug-likeness (QED) is 0.117. The van der Waals surface area contributed by atoms with Crippen molar-refractivity contribution in [3.05, 3.63) is 12.2 Å². The molecule has 0 aromatic carbocycles. The number of hydrogen-bond acceptors (Lipinski definition) is 10. The maximum absolute atomic E-state index is 12.4. The number of aliphatic hydroxyl groups is 2. The SMILES string of the molecule is CC(C/C=C/[C@@H](C)[C@H]1CC[C@@H]2[C@]1(C)CC[C@@H]1[C@@]3(C)CC[C@@H](OS(=O)(=O)[O-])C[C@@H]3C[C@@H](O)[C@]12O)COS(=O)(=O)[O-].[Na+].[Na+]. The van der Waals surface area contributed by atoms with Gasteiger partial charge < -0.3 is 19.3 Å². The normalized spacial score (nSPS) is 42.2. The predicted molar refractivity (Wildman–Crippen MR) is 140 cm³/mol. The van der Waals surface area contributed by atoms with E-state index in [1.165, 1.54) is 0 Å². The van der Waals surface area contributed by atoms with Gasteiger partial charge in [-0.2, -0.15) is 0 Å². The number of allylic oxidation sites excluding steroid dienone is 2. The van der Waals surface area contributed by atoms with Crippen LogP contribution in [0.2, 0.25) is 0 Å². The molecule has 0 aromatic heterocycles. The first-order chi connectivity index (χ1) is 17.9. The minimum absolute atomic E-state index is 0. The molecule has 0 radical (unpaired) electrons. The van der Waals surface area contributed by atoms with Crippen molar-refractivity contribution in [3.63, 3.8) is 0 Å². The Hall–Kier alpha value is 1.40. The molecule has 4 aliphatic rings. The van der Waals surface area contributed by atoms with Gasteiger partial charge >= 0.3 is 59.1 Å². The summed E-state index contributed by atoms with van der Waals surface area (Å²) in [6.45, 7) is 8.23. The minimum atomic E-state index is -4.80. The van der Waals surface area contributed by atoms with Crippen molar-refractivity contribution >= 4 is 20.8 Å². The molecule has 10 nitrogen and oxygen atoms in total. The van der Waals surface area contributed by atoms with Crippen LogP contribution in [0, 0.1) is 46.3 Å². The van der Waals surface area contributed by atoms with E-state index in [1.54, 1.807) is 0 Å². The van der Waals surface area contributed by atoms with Crippen LogP contribution < -0.4 is 59.1 Å². The third kappa shape index (κ3) is 8.04. The zero-order chi connectivity index (χ0) is 29.0. The molecule has 0 heterocycles. The second-order valence-corrected chi connectivity index (χ2v) is 15.5. The topological polar surface area (TPSA) is 173 Å². The van der Waals surface area contributed by atoms with E-state index in [9.17, 15) is 36.2 Å². The van der Waals surface area contributed by atoms with Crippen LogP contribution in [0.3, 0.4) is 0 Å². The molecule has 0 amide bonds. The zero-order valence-corrected chi connectivity index (χ0v) is 31.0. The van der Waals surface area contributed by atoms with E-state index in [0.29, 0.717) is 38.0 Å². The van der Waals surface area contributed by atoms with Gasteiger partial charge in [-0.3, -0.25) is 8.37 Å². The Morgan fingerprint density at radius 2 is 1.54 bits per heavy atom. The van der Waals surface area contributed by atoms with Crippen molar-refractivity contribution in [1.82, 2.24) is 0 Å². The number of fused-ring (bicyclic) bond motifs is 5. The van der Waals surface area contributed by atoms with Crippen LogP contribution in [0.1, 0.15) is 85.5 Å². The Kier molecular flexibility index (Phi) is 13.2. The molecule has 2 N–H and O–H groups in total. The van der Waals surface area contributed by atoms with Crippen LogP contribution in [0.25, 0.3) is 0 Å². The van der Waals surface area contributed by atoms with Gasteiger partial charge in [-0.05, 0) is 104 Å². The first kappa shape index (κ1) is 38.6. The van der Waals surface area contributed by atoms with Crippen molar-refractivity contribution in [1.29, 1.82) is 0 Å². The van der Waals surface area contributed by atoms with Crippen LogP contribution in [-0.2, 0) is 29.2 Å². The summed E-state index contributed by atoms with van der Waals surface area (Å²) in [5.74, 6) is 0.167. The Morgan fingerprint density at radius 3 is 2.15 bits per heavy atom. The molecule has 0 aromatic rings. The maximum Gasteiger partial charge on any atom is 1.00 e. The summed E-state index contributed by atoms with van der Waals surface area (Å²) >= 11 is 0. The Labute approximate surface area is 290 Å². The van der Waals surface area contributed by atoms with E-state index in [-0.39, 0.29) is 106 Å². The molecule has 4 fully saturated rings. The van der Waals surface area contributed by atoms with Gasteiger partial charge in [0.25, 0.3) is 0 Å². The molecule has 41 heavy (non-hydrogen) atoms. The van der Waals surface area contributed by atoms with E-state index in [1.807, 2.05) is 13.0 Å². The van der Waals surface area contributed by atoms with Crippen LogP contribution in [0.5, 0.6) is 0 Å². The zero-order valence-electron chi connectivity index (χ0n) is 25.3. The molecule has 1 unspecified atom stereocenters. The summed E-state index contributed by atoms with van der Waals surface area (Å²) in [6, 6.07) is 0. The molecule has 4 rings (SSSR count). The van der Waals surface area contributed by atoms with Crippen molar-refractivity contribution < 1.29 is 104 Å². The third-order valence-corrected chi connectivity index (χ3v) is 12.1. The van der Waals surface area contributed by atoms with Crippen LogP contribution >= 0.6 is 0 Å². The largest absolute Gasteiger partial charge is 1.00 e. The van der Waals surface area contributed by atoms with Crippen molar-refractivity contribution in [2.75, 3.05) is 6.61 Å². The van der Waals surface area contributed by atoms with Gasteiger partial charge in [-0.15, -0.1) is 0 Å². The van der Waals surface area contributed by atoms with Gasteiger partial charge in [0.05, 0.1) is 24.4 Å². The fourth-order valence-corrected chi connectivity index (χ4v) is 10.2. The fraction of sp³-hybridized carbons (Fsp3) is 0.926. The Balaban J connectivity index is 0.00000294. The average molecular weight is 639 g/mol. The van der Waals surface area contributed by atoms with E-state index >= 15 is 0 Å². The maximum atomic E-state index is 12.4. The molecule has 4 aliphatic carbocycles. The summed E-state index contributed by atoms with van der Waals surface area (Å²) in [5.41, 5.74) is -1.67. The molecule has 0 bridgehead atoms. The summed E-state index contributed by atoms with van der Waals surface area (Å²) in [4.78, 5) is 0. The van der Waals surface area contributed by atoms with Gasteiger partial charge in [0.2, 0.25) is 20.8 Å². The van der Waals surface area contributed by atoms with Gasteiger partial charge in [-0.25, -0.2) is 16.8 Å². The van der Waals surface area contributed by atoms with Crippen molar-refractivity contribution in [2.45, 2.75) is 103 Å². The predicted octanol–water partition coefficient (Wildman–Crippen LogP) is -2.72. The summed E-state index contributed by atoms with van der Waals surface area (Å²) in [6.07, 6.45) is 8.36. The molecule has 0 aliphatic heterocycles. The molecule has 4 saturated carbocycles. The Morgan fingerprint density at radius 1 is 0.927 bits per heavy atom. The number of hydrogen-bond donors (Lipinski definition) is 2. The van der Waals surface area contributed by atoms with E-state index in [4.69, 9.17) is 4.18 Å². The van der Waals surface area contributed by atoms with E-state index in [0.717, 1.165) is 25.7 Å². The average Bonchev–Trinajstić information content (AvgIpc) is 3.16. The molecule has 0 saturated heterocycles. The molecule has 226 valence electrons. The second kappa shape index (κ2) is 14.0. The van der Waals surface area contributed by atoms with Crippen molar-refractivity contribution in [2.24, 2.45) is 46.3 Å². The van der Waals surface area contributed by atoms with Crippen molar-refractivity contribution in [3.8, 4) is 0 Å². The number of aliphatic hydroxyl groups excluding tert-OH is 1. The first-order valence-electron chi connectivity index (χ1n) is 14.2. The summed E-state index contributed by atoms with van der Waals surface area (Å²) in [5, 5.41) is 23.9. The fourth-order valence-electron chi connectivity index (χ4n) is 9.34. The summed E-state index contributed by atoms with van der Waals surface area (Å²) in [7, 11) is -9.49. The molecule has 11 atom stereocenters. The van der Waals surface area contributed by atoms with Crippen LogP contribution in [0.15, 0.2) is 12.2 Å². The van der Waals surface area contributed by atoms with Gasteiger partial charge in [0.1, 0.15) is 0 Å². The van der Waals surface area contributed by atoms with Gasteiger partial charge in [0, 0.05) is 0 Å². The monoisotopic (exact) mass is 638 g/mol. The van der Waals surface area contributed by atoms with E-state index in [2.05, 4.69) is 31.0 Å². The molecular formula is C27H44Na2O10S2. The minimum Gasteiger partial charge on any atom is -0.726 e. The number of rotatable bonds is 9. The van der Waals surface area contributed by atoms with Gasteiger partial charge in [0.15, 0.2) is 0 Å². The molecule has 14 heteroatoms. The second-order valence-electron chi connectivity index (χ2n) is 13.4. The Bertz CT molecular complexity index is 1150.